The third-order valence-corrected chi connectivity index (χ3v) is 3.38. The minimum absolute atomic E-state index is 0.177. The lowest BCUT2D eigenvalue weighted by atomic mass is 10.3. The van der Waals surface area contributed by atoms with Crippen LogP contribution < -0.4 is 10.1 Å². The van der Waals surface area contributed by atoms with Crippen molar-refractivity contribution in [3.05, 3.63) is 36.4 Å². The summed E-state index contributed by atoms with van der Waals surface area (Å²) in [6.07, 6.45) is 1.42. The van der Waals surface area contributed by atoms with Crippen LogP contribution in [0.3, 0.4) is 0 Å². The van der Waals surface area contributed by atoms with Crippen LogP contribution in [0.5, 0.6) is 5.75 Å². The van der Waals surface area contributed by atoms with Gasteiger partial charge in [0.1, 0.15) is 0 Å². The molecule has 110 valence electrons. The molecule has 0 fully saturated rings. The lowest BCUT2D eigenvalue weighted by Gasteiger charge is -2.09. The molecule has 1 rings (SSSR count). The number of halogens is 3. The second kappa shape index (κ2) is 6.67. The maximum absolute atomic E-state index is 13.5. The second-order valence-corrected chi connectivity index (χ2v) is 6.10. The summed E-state index contributed by atoms with van der Waals surface area (Å²) >= 11 is 0. The van der Waals surface area contributed by atoms with Crippen LogP contribution >= 0.6 is 10.7 Å². The number of benzene rings is 1. The third-order valence-electron chi connectivity index (χ3n) is 2.04. The zero-order valence-electron chi connectivity index (χ0n) is 10.0. The summed E-state index contributed by atoms with van der Waals surface area (Å²) in [5.41, 5.74) is 0. The van der Waals surface area contributed by atoms with Crippen molar-refractivity contribution >= 4 is 25.6 Å². The van der Waals surface area contributed by atoms with E-state index in [2.05, 4.69) is 16.6 Å². The Balaban J connectivity index is 2.87. The lowest BCUT2D eigenvalue weighted by molar-refractivity contribution is -0.122. The molecule has 0 bridgehead atoms. The van der Waals surface area contributed by atoms with E-state index in [0.29, 0.717) is 12.1 Å². The number of hydrogen-bond donors (Lipinski definition) is 1. The van der Waals surface area contributed by atoms with E-state index in [1.807, 2.05) is 0 Å². The molecule has 1 aromatic rings. The van der Waals surface area contributed by atoms with Crippen LogP contribution in [0.2, 0.25) is 0 Å². The van der Waals surface area contributed by atoms with E-state index in [1.165, 1.54) is 6.08 Å². The normalized spacial score (nSPS) is 10.9. The molecule has 0 spiro atoms. The molecule has 9 heteroatoms. The van der Waals surface area contributed by atoms with Crippen LogP contribution in [0.25, 0.3) is 0 Å². The van der Waals surface area contributed by atoms with Crippen molar-refractivity contribution in [1.82, 2.24) is 5.32 Å². The summed E-state index contributed by atoms with van der Waals surface area (Å²) in [4.78, 5) is 10.4. The highest BCUT2D eigenvalue weighted by atomic mass is 35.7. The number of hydrogen-bond acceptors (Lipinski definition) is 4. The molecular formula is C11H10ClF2NO4S. The summed E-state index contributed by atoms with van der Waals surface area (Å²) in [6.45, 7) is 2.91. The van der Waals surface area contributed by atoms with Gasteiger partial charge in [0.15, 0.2) is 24.0 Å². The van der Waals surface area contributed by atoms with Crippen molar-refractivity contribution < 1.29 is 26.7 Å². The number of nitrogens with one attached hydrogen (secondary N) is 1. The Morgan fingerprint density at radius 3 is 2.40 bits per heavy atom. The quantitative estimate of drug-likeness (QED) is 0.636. The van der Waals surface area contributed by atoms with Crippen LogP contribution in [-0.4, -0.2) is 27.5 Å². The van der Waals surface area contributed by atoms with Gasteiger partial charge in [-0.1, -0.05) is 6.08 Å². The minimum Gasteiger partial charge on any atom is -0.478 e. The monoisotopic (exact) mass is 325 g/mol. The minimum atomic E-state index is -4.26. The van der Waals surface area contributed by atoms with Gasteiger partial charge in [0, 0.05) is 17.2 Å². The molecule has 20 heavy (non-hydrogen) atoms. The molecule has 0 radical (unpaired) electrons. The SMILES string of the molecule is C=CCNC(=O)COc1c(F)cc(S(=O)(=O)Cl)cc1F. The van der Waals surface area contributed by atoms with Crippen molar-refractivity contribution in [2.75, 3.05) is 13.2 Å². The highest BCUT2D eigenvalue weighted by molar-refractivity contribution is 8.13. The standard InChI is InChI=1S/C11H10ClF2NO4S/c1-2-3-15-10(16)6-19-11-8(13)4-7(5-9(11)14)20(12,17)18/h2,4-5H,1,3,6H2,(H,15,16). The Kier molecular flexibility index (Phi) is 5.46. The molecule has 0 aliphatic carbocycles. The van der Waals surface area contributed by atoms with Crippen molar-refractivity contribution in [3.63, 3.8) is 0 Å². The molecule has 0 aliphatic heterocycles. The van der Waals surface area contributed by atoms with Gasteiger partial charge in [-0.15, -0.1) is 6.58 Å². The molecule has 0 saturated heterocycles. The number of carbonyl (C=O) groups is 1. The molecule has 0 unspecified atom stereocenters. The Labute approximate surface area is 118 Å². The number of amides is 1. The van der Waals surface area contributed by atoms with Crippen LogP contribution in [-0.2, 0) is 13.8 Å². The Morgan fingerprint density at radius 1 is 1.40 bits per heavy atom. The topological polar surface area (TPSA) is 72.5 Å². The van der Waals surface area contributed by atoms with Crippen molar-refractivity contribution in [3.8, 4) is 5.75 Å². The van der Waals surface area contributed by atoms with Gasteiger partial charge in [0.25, 0.3) is 15.0 Å². The predicted molar refractivity (Wildman–Crippen MR) is 68.1 cm³/mol. The average molecular weight is 326 g/mol. The average Bonchev–Trinajstić information content (AvgIpc) is 2.34. The van der Waals surface area contributed by atoms with Crippen molar-refractivity contribution in [2.45, 2.75) is 4.90 Å². The van der Waals surface area contributed by atoms with Crippen LogP contribution in [0.15, 0.2) is 29.7 Å². The summed E-state index contributed by atoms with van der Waals surface area (Å²) < 4.78 is 53.6. The first-order valence-corrected chi connectivity index (χ1v) is 7.50. The fourth-order valence-electron chi connectivity index (χ4n) is 1.19. The van der Waals surface area contributed by atoms with Gasteiger partial charge in [-0.05, 0) is 12.1 Å². The van der Waals surface area contributed by atoms with E-state index >= 15 is 0 Å². The molecular weight excluding hydrogens is 316 g/mol. The Morgan fingerprint density at radius 2 is 1.95 bits per heavy atom. The Hall–Kier alpha value is -1.67. The third kappa shape index (κ3) is 4.46. The van der Waals surface area contributed by atoms with Crippen molar-refractivity contribution in [1.29, 1.82) is 0 Å². The summed E-state index contributed by atoms with van der Waals surface area (Å²) in [5.74, 6) is -4.03. The molecule has 0 heterocycles. The molecule has 5 nitrogen and oxygen atoms in total. The van der Waals surface area contributed by atoms with E-state index in [0.717, 1.165) is 0 Å². The first-order chi connectivity index (χ1) is 9.25. The van der Waals surface area contributed by atoms with Crippen molar-refractivity contribution in [2.24, 2.45) is 0 Å². The number of rotatable bonds is 6. The molecule has 1 amide bonds. The van der Waals surface area contributed by atoms with E-state index in [-0.39, 0.29) is 6.54 Å². The summed E-state index contributed by atoms with van der Waals surface area (Å²) in [7, 11) is 0.703. The van der Waals surface area contributed by atoms with Gasteiger partial charge in [0.2, 0.25) is 0 Å². The molecule has 0 aliphatic rings. The van der Waals surface area contributed by atoms with Gasteiger partial charge in [-0.3, -0.25) is 4.79 Å². The number of carbonyl (C=O) groups excluding carboxylic acids is 1. The highest BCUT2D eigenvalue weighted by Crippen LogP contribution is 2.26. The largest absolute Gasteiger partial charge is 0.478 e. The van der Waals surface area contributed by atoms with Gasteiger partial charge >= 0.3 is 0 Å². The summed E-state index contributed by atoms with van der Waals surface area (Å²) in [6, 6.07) is 1.00. The smallest absolute Gasteiger partial charge is 0.261 e. The second-order valence-electron chi connectivity index (χ2n) is 3.54. The fraction of sp³-hybridized carbons (Fsp3) is 0.182. The van der Waals surface area contributed by atoms with E-state index < -0.39 is 43.8 Å². The molecule has 0 aromatic heterocycles. The van der Waals surface area contributed by atoms with Gasteiger partial charge in [-0.2, -0.15) is 0 Å². The zero-order chi connectivity index (χ0) is 15.3. The Bertz CT molecular complexity index is 610. The fourth-order valence-corrected chi connectivity index (χ4v) is 1.95. The zero-order valence-corrected chi connectivity index (χ0v) is 11.6. The first-order valence-electron chi connectivity index (χ1n) is 5.19. The van der Waals surface area contributed by atoms with E-state index in [9.17, 15) is 22.0 Å². The van der Waals surface area contributed by atoms with E-state index in [4.69, 9.17) is 10.7 Å². The predicted octanol–water partition coefficient (Wildman–Crippen LogP) is 1.57. The molecule has 1 aromatic carbocycles. The maximum Gasteiger partial charge on any atom is 0.261 e. The van der Waals surface area contributed by atoms with Crippen LogP contribution in [0, 0.1) is 11.6 Å². The molecule has 0 atom stereocenters. The van der Waals surface area contributed by atoms with Crippen LogP contribution in [0.1, 0.15) is 0 Å². The number of ether oxygens (including phenoxy) is 1. The maximum atomic E-state index is 13.5. The molecule has 0 saturated carbocycles. The van der Waals surface area contributed by atoms with Crippen LogP contribution in [0.4, 0.5) is 8.78 Å². The lowest BCUT2D eigenvalue weighted by Crippen LogP contribution is -2.29. The van der Waals surface area contributed by atoms with E-state index in [1.54, 1.807) is 0 Å². The molecule has 1 N–H and O–H groups in total. The summed E-state index contributed by atoms with van der Waals surface area (Å²) in [5, 5.41) is 2.33. The van der Waals surface area contributed by atoms with Gasteiger partial charge in [-0.25, -0.2) is 17.2 Å². The van der Waals surface area contributed by atoms with Gasteiger partial charge in [0.05, 0.1) is 4.90 Å². The van der Waals surface area contributed by atoms with Gasteiger partial charge < -0.3 is 10.1 Å². The first kappa shape index (κ1) is 16.4. The highest BCUT2D eigenvalue weighted by Gasteiger charge is 2.19.